The van der Waals surface area contributed by atoms with Crippen molar-refractivity contribution in [1.29, 1.82) is 0 Å². The summed E-state index contributed by atoms with van der Waals surface area (Å²) in [5.41, 5.74) is 2.48. The van der Waals surface area contributed by atoms with Crippen molar-refractivity contribution in [3.05, 3.63) is 40.6 Å². The minimum absolute atomic E-state index is 0.251. The molecule has 1 saturated heterocycles. The van der Waals surface area contributed by atoms with Crippen molar-refractivity contribution in [3.8, 4) is 17.1 Å². The minimum atomic E-state index is -0.562. The molecule has 34 heavy (non-hydrogen) atoms. The molecule has 10 nitrogen and oxygen atoms in total. The van der Waals surface area contributed by atoms with Gasteiger partial charge in [-0.3, -0.25) is 9.80 Å². The molecule has 0 amide bonds. The normalized spacial score (nSPS) is 16.4. The Morgan fingerprint density at radius 2 is 1.85 bits per heavy atom. The molecule has 1 aliphatic heterocycles. The van der Waals surface area contributed by atoms with Crippen molar-refractivity contribution >= 4 is 21.6 Å². The number of fused-ring (bicyclic) bond motifs is 1. The number of nitrogens with zero attached hydrogens (tertiary/aromatic N) is 6. The summed E-state index contributed by atoms with van der Waals surface area (Å²) in [5, 5.41) is 19.6. The lowest BCUT2D eigenvalue weighted by molar-refractivity contribution is 0.0426. The van der Waals surface area contributed by atoms with Gasteiger partial charge in [-0.05, 0) is 32.9 Å². The van der Waals surface area contributed by atoms with Crippen molar-refractivity contribution in [3.63, 3.8) is 0 Å². The van der Waals surface area contributed by atoms with Gasteiger partial charge in [0.2, 0.25) is 11.7 Å². The van der Waals surface area contributed by atoms with Crippen molar-refractivity contribution < 1.29 is 18.9 Å². The third-order valence-electron chi connectivity index (χ3n) is 5.93. The summed E-state index contributed by atoms with van der Waals surface area (Å²) in [7, 11) is 0. The summed E-state index contributed by atoms with van der Waals surface area (Å²) >= 11 is 1.66. The predicted molar refractivity (Wildman–Crippen MR) is 127 cm³/mol. The largest absolute Gasteiger partial charge is 0.491 e. The molecule has 0 radical (unpaired) electrons. The highest BCUT2D eigenvalue weighted by Crippen LogP contribution is 2.26. The molecule has 1 atom stereocenters. The third-order valence-corrected chi connectivity index (χ3v) is 6.88. The number of aliphatic hydroxyl groups excluding tert-OH is 1. The highest BCUT2D eigenvalue weighted by molar-refractivity contribution is 7.18. The Labute approximate surface area is 201 Å². The second-order valence-corrected chi connectivity index (χ2v) is 9.85. The molecule has 0 saturated carbocycles. The maximum Gasteiger partial charge on any atom is 0.241 e. The first-order valence-electron chi connectivity index (χ1n) is 11.3. The zero-order valence-electron chi connectivity index (χ0n) is 19.5. The van der Waals surface area contributed by atoms with Crippen LogP contribution in [-0.2, 0) is 6.54 Å². The molecule has 1 fully saturated rings. The van der Waals surface area contributed by atoms with E-state index in [0.29, 0.717) is 30.6 Å². The van der Waals surface area contributed by atoms with Crippen LogP contribution in [0.2, 0.25) is 0 Å². The summed E-state index contributed by atoms with van der Waals surface area (Å²) in [5.74, 6) is 2.50. The van der Waals surface area contributed by atoms with E-state index in [1.54, 1.807) is 11.3 Å². The number of β-amino-alcohol motifs (C(OH)–C–C–N with tert-alkyl or cyclic N) is 1. The average Bonchev–Trinajstić information content (AvgIpc) is 3.51. The van der Waals surface area contributed by atoms with E-state index in [2.05, 4.69) is 30.1 Å². The van der Waals surface area contributed by atoms with E-state index >= 15 is 0 Å². The van der Waals surface area contributed by atoms with Gasteiger partial charge >= 0.3 is 0 Å². The number of piperazine rings is 1. The lowest BCUT2D eigenvalue weighted by Crippen LogP contribution is -2.48. The Bertz CT molecular complexity index is 1240. The summed E-state index contributed by atoms with van der Waals surface area (Å²) in [6.45, 7) is 10.5. The number of hydrogen-bond donors (Lipinski definition) is 1. The van der Waals surface area contributed by atoms with Gasteiger partial charge in [-0.1, -0.05) is 10.3 Å². The molecule has 180 valence electrons. The molecular weight excluding hydrogens is 456 g/mol. The van der Waals surface area contributed by atoms with Gasteiger partial charge in [0.05, 0.1) is 33.0 Å². The van der Waals surface area contributed by atoms with Gasteiger partial charge < -0.3 is 18.9 Å². The molecule has 5 rings (SSSR count). The van der Waals surface area contributed by atoms with E-state index in [-0.39, 0.29) is 6.61 Å². The first-order chi connectivity index (χ1) is 16.4. The Morgan fingerprint density at radius 1 is 1.06 bits per heavy atom. The third kappa shape index (κ3) is 5.12. The first-order valence-corrected chi connectivity index (χ1v) is 12.1. The first kappa shape index (κ1) is 22.9. The van der Waals surface area contributed by atoms with Crippen LogP contribution < -0.4 is 4.74 Å². The van der Waals surface area contributed by atoms with Crippen LogP contribution in [0.15, 0.2) is 27.2 Å². The van der Waals surface area contributed by atoms with Crippen molar-refractivity contribution in [1.82, 2.24) is 30.1 Å². The van der Waals surface area contributed by atoms with Crippen LogP contribution in [0.25, 0.3) is 21.6 Å². The topological polar surface area (TPSA) is 114 Å². The van der Waals surface area contributed by atoms with Gasteiger partial charge in [0.1, 0.15) is 24.2 Å². The molecule has 0 bridgehead atoms. The smallest absolute Gasteiger partial charge is 0.241 e. The number of aliphatic hydroxyl groups is 1. The van der Waals surface area contributed by atoms with E-state index in [9.17, 15) is 5.11 Å². The summed E-state index contributed by atoms with van der Waals surface area (Å²) in [6, 6.07) is 5.88. The van der Waals surface area contributed by atoms with Crippen LogP contribution in [0.5, 0.6) is 5.75 Å². The molecule has 11 heteroatoms. The zero-order valence-corrected chi connectivity index (χ0v) is 20.3. The number of hydrogen-bond acceptors (Lipinski definition) is 11. The Kier molecular flexibility index (Phi) is 6.59. The predicted octanol–water partition coefficient (Wildman–Crippen LogP) is 2.82. The number of aryl methyl sites for hydroxylation is 3. The SMILES string of the molecule is Cc1nc2cc(OC[C@@H](O)CN3CCN(Cc4nc(-c5c(C)noc5C)no4)CC3)ccc2s1. The van der Waals surface area contributed by atoms with E-state index < -0.39 is 6.10 Å². The Hall–Kier alpha value is -2.86. The van der Waals surface area contributed by atoms with Crippen molar-refractivity contribution in [2.24, 2.45) is 0 Å². The van der Waals surface area contributed by atoms with E-state index in [4.69, 9.17) is 13.8 Å². The molecule has 4 heterocycles. The van der Waals surface area contributed by atoms with Crippen LogP contribution in [-0.4, -0.2) is 80.6 Å². The quantitative estimate of drug-likeness (QED) is 0.400. The fourth-order valence-electron chi connectivity index (χ4n) is 4.20. The molecule has 1 aliphatic rings. The zero-order chi connectivity index (χ0) is 23.7. The van der Waals surface area contributed by atoms with Crippen molar-refractivity contribution in [2.45, 2.75) is 33.4 Å². The number of aromatic nitrogens is 4. The summed E-state index contributed by atoms with van der Waals surface area (Å²) < 4.78 is 17.6. The molecular formula is C23H28N6O4S. The average molecular weight is 485 g/mol. The fourth-order valence-corrected chi connectivity index (χ4v) is 5.01. The van der Waals surface area contributed by atoms with E-state index in [0.717, 1.165) is 58.4 Å². The Morgan fingerprint density at radius 3 is 2.62 bits per heavy atom. The highest BCUT2D eigenvalue weighted by Gasteiger charge is 2.23. The van der Waals surface area contributed by atoms with Crippen LogP contribution >= 0.6 is 11.3 Å². The summed E-state index contributed by atoms with van der Waals surface area (Å²) in [4.78, 5) is 13.5. The van der Waals surface area contributed by atoms with Crippen LogP contribution in [0.4, 0.5) is 0 Å². The molecule has 1 aromatic carbocycles. The van der Waals surface area contributed by atoms with Gasteiger partial charge in [0.15, 0.2) is 0 Å². The molecule has 1 N–H and O–H groups in total. The molecule has 0 unspecified atom stereocenters. The molecule has 3 aromatic heterocycles. The maximum absolute atomic E-state index is 10.5. The Balaban J connectivity index is 1.07. The number of ether oxygens (including phenoxy) is 1. The van der Waals surface area contributed by atoms with Gasteiger partial charge in [-0.15, -0.1) is 11.3 Å². The van der Waals surface area contributed by atoms with Gasteiger partial charge in [0.25, 0.3) is 0 Å². The standard InChI is InChI=1S/C23H28N6O4S/c1-14-22(15(2)32-26-14)23-25-21(33-27-23)12-29-8-6-28(7-9-29)11-17(30)13-31-18-4-5-20-19(10-18)24-16(3)34-20/h4-5,10,17,30H,6-9,11-13H2,1-3H3/t17-/m0/s1. The number of benzene rings is 1. The van der Waals surface area contributed by atoms with E-state index in [1.165, 1.54) is 0 Å². The van der Waals surface area contributed by atoms with E-state index in [1.807, 2.05) is 39.0 Å². The van der Waals surface area contributed by atoms with Gasteiger partial charge in [-0.2, -0.15) is 4.98 Å². The van der Waals surface area contributed by atoms with Crippen molar-refractivity contribution in [2.75, 3.05) is 39.3 Å². The lowest BCUT2D eigenvalue weighted by atomic mass is 10.2. The minimum Gasteiger partial charge on any atom is -0.491 e. The lowest BCUT2D eigenvalue weighted by Gasteiger charge is -2.34. The highest BCUT2D eigenvalue weighted by atomic mass is 32.1. The molecule has 0 aliphatic carbocycles. The van der Waals surface area contributed by atoms with Crippen LogP contribution in [0.1, 0.15) is 22.4 Å². The molecule has 4 aromatic rings. The second kappa shape index (κ2) is 9.79. The van der Waals surface area contributed by atoms with Gasteiger partial charge in [0, 0.05) is 38.8 Å². The number of thiazole rings is 1. The summed E-state index contributed by atoms with van der Waals surface area (Å²) in [6.07, 6.45) is -0.562. The van der Waals surface area contributed by atoms with Crippen LogP contribution in [0.3, 0.4) is 0 Å². The van der Waals surface area contributed by atoms with Crippen LogP contribution in [0, 0.1) is 20.8 Å². The monoisotopic (exact) mass is 484 g/mol. The molecule has 0 spiro atoms. The number of rotatable bonds is 8. The van der Waals surface area contributed by atoms with Gasteiger partial charge in [-0.25, -0.2) is 4.98 Å². The maximum atomic E-state index is 10.5. The second-order valence-electron chi connectivity index (χ2n) is 8.61. The fraction of sp³-hybridized carbons (Fsp3) is 0.478.